The highest BCUT2D eigenvalue weighted by Crippen LogP contribution is 2.35. The molecule has 2 N–H and O–H groups in total. The molecule has 0 saturated heterocycles. The van der Waals surface area contributed by atoms with Crippen molar-refractivity contribution in [1.82, 2.24) is 0 Å². The van der Waals surface area contributed by atoms with Gasteiger partial charge in [0.15, 0.2) is 0 Å². The molecule has 0 radical (unpaired) electrons. The highest BCUT2D eigenvalue weighted by Gasteiger charge is 2.42. The van der Waals surface area contributed by atoms with Crippen LogP contribution < -0.4 is 0 Å². The maximum atomic E-state index is 11.6. The second-order valence-corrected chi connectivity index (χ2v) is 4.08. The Kier molecular flexibility index (Phi) is 2.54. The topological polar surface area (TPSA) is 57.5 Å². The minimum Gasteiger partial charge on any atom is -0.395 e. The third kappa shape index (κ3) is 1.52. The van der Waals surface area contributed by atoms with E-state index in [0.29, 0.717) is 12.8 Å². The first-order valence-corrected chi connectivity index (χ1v) is 4.33. The summed E-state index contributed by atoms with van der Waals surface area (Å²) in [4.78, 5) is 11.6. The molecular formula is C9H16O3. The fourth-order valence-corrected chi connectivity index (χ4v) is 1.96. The Morgan fingerprint density at radius 1 is 1.67 bits per heavy atom. The summed E-state index contributed by atoms with van der Waals surface area (Å²) in [7, 11) is 0. The second-order valence-electron chi connectivity index (χ2n) is 4.08. The van der Waals surface area contributed by atoms with Crippen LogP contribution in [0.5, 0.6) is 0 Å². The van der Waals surface area contributed by atoms with E-state index in [9.17, 15) is 9.90 Å². The summed E-state index contributed by atoms with van der Waals surface area (Å²) in [6, 6.07) is 0. The Bertz CT molecular complexity index is 190. The van der Waals surface area contributed by atoms with Gasteiger partial charge in [0.25, 0.3) is 0 Å². The summed E-state index contributed by atoms with van der Waals surface area (Å²) in [6.45, 7) is 3.36. The van der Waals surface area contributed by atoms with E-state index in [4.69, 9.17) is 5.11 Å². The largest absolute Gasteiger partial charge is 0.395 e. The number of carbonyl (C=O) groups is 1. The fraction of sp³-hybridized carbons (Fsp3) is 0.889. The minimum atomic E-state index is -0.711. The molecule has 0 aromatic rings. The summed E-state index contributed by atoms with van der Waals surface area (Å²) >= 11 is 0. The van der Waals surface area contributed by atoms with E-state index in [1.165, 1.54) is 0 Å². The first kappa shape index (κ1) is 9.68. The van der Waals surface area contributed by atoms with Gasteiger partial charge in [-0.2, -0.15) is 0 Å². The van der Waals surface area contributed by atoms with Crippen molar-refractivity contribution >= 4 is 5.78 Å². The van der Waals surface area contributed by atoms with Crippen molar-refractivity contribution in [3.8, 4) is 0 Å². The Morgan fingerprint density at radius 2 is 2.25 bits per heavy atom. The lowest BCUT2D eigenvalue weighted by molar-refractivity contribution is -0.141. The molecule has 3 unspecified atom stereocenters. The third-order valence-electron chi connectivity index (χ3n) is 2.70. The summed E-state index contributed by atoms with van der Waals surface area (Å²) in [6.07, 6.45) is 0.496. The summed E-state index contributed by atoms with van der Waals surface area (Å²) < 4.78 is 0. The molecule has 1 aliphatic rings. The predicted octanol–water partition coefficient (Wildman–Crippen LogP) is 0.345. The lowest BCUT2D eigenvalue weighted by Gasteiger charge is -2.36. The zero-order valence-corrected chi connectivity index (χ0v) is 7.58. The van der Waals surface area contributed by atoms with Gasteiger partial charge in [0.2, 0.25) is 0 Å². The molecular weight excluding hydrogens is 156 g/mol. The molecule has 0 aromatic carbocycles. The van der Waals surface area contributed by atoms with Crippen LogP contribution in [0.3, 0.4) is 0 Å². The molecule has 0 spiro atoms. The van der Waals surface area contributed by atoms with Gasteiger partial charge in [0.05, 0.1) is 18.1 Å². The van der Waals surface area contributed by atoms with Crippen molar-refractivity contribution in [2.24, 2.45) is 11.3 Å². The average molecular weight is 172 g/mol. The highest BCUT2D eigenvalue weighted by molar-refractivity contribution is 5.87. The number of Topliss-reactive ketones (excluding diaryl/α,β-unsaturated/α-hetero) is 1. The maximum absolute atomic E-state index is 11.6. The first-order valence-electron chi connectivity index (χ1n) is 4.33. The van der Waals surface area contributed by atoms with Gasteiger partial charge < -0.3 is 10.2 Å². The highest BCUT2D eigenvalue weighted by atomic mass is 16.3. The molecule has 70 valence electrons. The lowest BCUT2D eigenvalue weighted by Crippen LogP contribution is -2.44. The van der Waals surface area contributed by atoms with E-state index in [1.807, 2.05) is 0 Å². The molecule has 0 bridgehead atoms. The van der Waals surface area contributed by atoms with E-state index >= 15 is 0 Å². The number of aliphatic hydroxyl groups excluding tert-OH is 2. The molecule has 0 heterocycles. The Hall–Kier alpha value is -0.410. The monoisotopic (exact) mass is 172 g/mol. The third-order valence-corrected chi connectivity index (χ3v) is 2.70. The number of ketones is 1. The van der Waals surface area contributed by atoms with Crippen LogP contribution >= 0.6 is 0 Å². The first-order chi connectivity index (χ1) is 5.49. The van der Waals surface area contributed by atoms with Crippen molar-refractivity contribution in [2.45, 2.75) is 32.8 Å². The summed E-state index contributed by atoms with van der Waals surface area (Å²) in [5.74, 6) is -0.0406. The van der Waals surface area contributed by atoms with E-state index in [2.05, 4.69) is 0 Å². The van der Waals surface area contributed by atoms with Crippen molar-refractivity contribution in [3.63, 3.8) is 0 Å². The van der Waals surface area contributed by atoms with Crippen LogP contribution in [0, 0.1) is 11.3 Å². The van der Waals surface area contributed by atoms with Gasteiger partial charge in [-0.25, -0.2) is 0 Å². The normalized spacial score (nSPS) is 43.2. The van der Waals surface area contributed by atoms with Gasteiger partial charge in [-0.3, -0.25) is 4.79 Å². The van der Waals surface area contributed by atoms with Crippen LogP contribution in [0.4, 0.5) is 0 Å². The standard InChI is InChI=1S/C9H16O3/c1-6-3-7(11)4-9(2,5-10)8(6)12/h6-7,10-11H,3-5H2,1-2H3. The smallest absolute Gasteiger partial charge is 0.144 e. The zero-order chi connectivity index (χ0) is 9.35. The number of aliphatic hydroxyl groups is 2. The molecule has 3 nitrogen and oxygen atoms in total. The quantitative estimate of drug-likeness (QED) is 0.600. The van der Waals surface area contributed by atoms with Crippen LogP contribution in [0.25, 0.3) is 0 Å². The molecule has 3 heteroatoms. The Balaban J connectivity index is 2.79. The van der Waals surface area contributed by atoms with Crippen molar-refractivity contribution < 1.29 is 15.0 Å². The number of hydrogen-bond acceptors (Lipinski definition) is 3. The minimum absolute atomic E-state index is 0.0790. The Labute approximate surface area is 72.4 Å². The maximum Gasteiger partial charge on any atom is 0.144 e. The summed E-state index contributed by atoms with van der Waals surface area (Å²) in [5.41, 5.74) is -0.711. The van der Waals surface area contributed by atoms with Crippen molar-refractivity contribution in [3.05, 3.63) is 0 Å². The second kappa shape index (κ2) is 3.15. The molecule has 0 amide bonds. The number of rotatable bonds is 1. The molecule has 0 aliphatic heterocycles. The Morgan fingerprint density at radius 3 is 2.75 bits per heavy atom. The fourth-order valence-electron chi connectivity index (χ4n) is 1.96. The molecule has 3 atom stereocenters. The van der Waals surface area contributed by atoms with Crippen LogP contribution in [-0.2, 0) is 4.79 Å². The van der Waals surface area contributed by atoms with Crippen molar-refractivity contribution in [2.75, 3.05) is 6.61 Å². The van der Waals surface area contributed by atoms with Crippen LogP contribution in [0.2, 0.25) is 0 Å². The van der Waals surface area contributed by atoms with Gasteiger partial charge in [0.1, 0.15) is 5.78 Å². The van der Waals surface area contributed by atoms with E-state index in [0.717, 1.165) is 0 Å². The average Bonchev–Trinajstić information content (AvgIpc) is 2.00. The molecule has 1 aliphatic carbocycles. The molecule has 1 saturated carbocycles. The van der Waals surface area contributed by atoms with Crippen LogP contribution in [-0.4, -0.2) is 28.7 Å². The zero-order valence-electron chi connectivity index (χ0n) is 7.58. The van der Waals surface area contributed by atoms with Gasteiger partial charge in [0, 0.05) is 5.92 Å². The SMILES string of the molecule is CC1CC(O)CC(C)(CO)C1=O. The molecule has 12 heavy (non-hydrogen) atoms. The predicted molar refractivity (Wildman–Crippen MR) is 44.6 cm³/mol. The lowest BCUT2D eigenvalue weighted by atomic mass is 9.69. The molecule has 1 rings (SSSR count). The van der Waals surface area contributed by atoms with E-state index < -0.39 is 11.5 Å². The van der Waals surface area contributed by atoms with Crippen LogP contribution in [0.1, 0.15) is 26.7 Å². The molecule has 0 aromatic heterocycles. The molecule has 1 fully saturated rings. The van der Waals surface area contributed by atoms with Crippen molar-refractivity contribution in [1.29, 1.82) is 0 Å². The van der Waals surface area contributed by atoms with Gasteiger partial charge in [-0.15, -0.1) is 0 Å². The number of carbonyl (C=O) groups excluding carboxylic acids is 1. The summed E-state index contributed by atoms with van der Waals surface area (Å²) in [5, 5.41) is 18.4. The number of hydrogen-bond donors (Lipinski definition) is 2. The van der Waals surface area contributed by atoms with Crippen LogP contribution in [0.15, 0.2) is 0 Å². The van der Waals surface area contributed by atoms with E-state index in [-0.39, 0.29) is 18.3 Å². The van der Waals surface area contributed by atoms with Gasteiger partial charge in [-0.1, -0.05) is 13.8 Å². The van der Waals surface area contributed by atoms with E-state index in [1.54, 1.807) is 13.8 Å². The van der Waals surface area contributed by atoms with Gasteiger partial charge in [-0.05, 0) is 12.8 Å². The van der Waals surface area contributed by atoms with Gasteiger partial charge >= 0.3 is 0 Å².